The maximum Gasteiger partial charge on any atom is 0.336 e. The zero-order valence-electron chi connectivity index (χ0n) is 34.6. The molecular weight excluding hydrogens is 853 g/mol. The zero-order chi connectivity index (χ0) is 46.8. The van der Waals surface area contributed by atoms with Gasteiger partial charge in [0.2, 0.25) is 0 Å². The van der Waals surface area contributed by atoms with E-state index in [4.69, 9.17) is 19.7 Å². The summed E-state index contributed by atoms with van der Waals surface area (Å²) in [5.41, 5.74) is 3.64. The Balaban J connectivity index is 0.890. The Bertz CT molecular complexity index is 2880. The number of carboxylic acids is 4. The van der Waals surface area contributed by atoms with E-state index in [9.17, 15) is 48.6 Å². The van der Waals surface area contributed by atoms with E-state index in [0.717, 1.165) is 22.0 Å². The number of carbonyl (C=O) groups is 8. The van der Waals surface area contributed by atoms with Crippen molar-refractivity contribution >= 4 is 81.2 Å². The first-order chi connectivity index (χ1) is 31.7. The normalized spacial score (nSPS) is 13.5. The van der Waals surface area contributed by atoms with Crippen LogP contribution in [0.5, 0.6) is 0 Å². The van der Waals surface area contributed by atoms with Gasteiger partial charge in [0, 0.05) is 56.0 Å². The van der Waals surface area contributed by atoms with E-state index in [1.165, 1.54) is 48.6 Å². The summed E-state index contributed by atoms with van der Waals surface area (Å²) in [6.45, 7) is -0.336. The van der Waals surface area contributed by atoms with Gasteiger partial charge in [0.15, 0.2) is 0 Å². The largest absolute Gasteiger partial charge is 0.478 e. The summed E-state index contributed by atoms with van der Waals surface area (Å²) in [6.07, 6.45) is 4.80. The van der Waals surface area contributed by atoms with Crippen LogP contribution < -0.4 is 0 Å². The molecule has 0 fully saturated rings. The van der Waals surface area contributed by atoms with Gasteiger partial charge in [-0.05, 0) is 81.9 Å². The van der Waals surface area contributed by atoms with E-state index < -0.39 is 47.5 Å². The predicted molar refractivity (Wildman–Crippen MR) is 238 cm³/mol. The molecule has 8 rings (SSSR count). The van der Waals surface area contributed by atoms with Crippen molar-refractivity contribution in [2.75, 3.05) is 39.5 Å². The highest BCUT2D eigenvalue weighted by Gasteiger charge is 2.36. The minimum atomic E-state index is -1.25. The molecule has 6 aromatic carbocycles. The van der Waals surface area contributed by atoms with E-state index in [1.54, 1.807) is 60.7 Å². The highest BCUT2D eigenvalue weighted by molar-refractivity contribution is 6.30. The van der Waals surface area contributed by atoms with Gasteiger partial charge in [0.25, 0.3) is 23.6 Å². The van der Waals surface area contributed by atoms with Gasteiger partial charge in [-0.25, -0.2) is 19.2 Å². The van der Waals surface area contributed by atoms with Crippen molar-refractivity contribution in [1.29, 1.82) is 0 Å². The summed E-state index contributed by atoms with van der Waals surface area (Å²) in [5, 5.41) is 39.0. The molecule has 2 heterocycles. The SMILES string of the molecule is O=C(O)/C=C/c1ccc(-c2ccc3c4c(ccc(C(=O)O)c24)C(=O)N(CCOCCOCCN2C(=O)c4ccc(C(=O)O)c5c(-c6ccc(/C=C/C(=O)O)cc6)ccc(c45)C2=O)C3=O)cc1. The number of nitrogens with zero attached hydrogens (tertiary/aromatic N) is 2. The summed E-state index contributed by atoms with van der Waals surface area (Å²) in [4.78, 5) is 104. The minimum Gasteiger partial charge on any atom is -0.478 e. The lowest BCUT2D eigenvalue weighted by Gasteiger charge is -2.28. The number of aliphatic carboxylic acids is 2. The molecule has 4 N–H and O–H groups in total. The summed E-state index contributed by atoms with van der Waals surface area (Å²) in [7, 11) is 0. The van der Waals surface area contributed by atoms with Crippen LogP contribution in [-0.2, 0) is 19.1 Å². The Morgan fingerprint density at radius 2 is 0.727 bits per heavy atom. The molecule has 0 aromatic heterocycles. The van der Waals surface area contributed by atoms with Crippen LogP contribution in [0.1, 0.15) is 73.3 Å². The second kappa shape index (κ2) is 18.2. The highest BCUT2D eigenvalue weighted by atomic mass is 16.5. The third-order valence-electron chi connectivity index (χ3n) is 11.3. The van der Waals surface area contributed by atoms with E-state index in [1.807, 2.05) is 0 Å². The average Bonchev–Trinajstić information content (AvgIpc) is 3.30. The molecular formula is C50H36N2O14. The Hall–Kier alpha value is -8.60. The number of benzene rings is 6. The number of hydrogen-bond donors (Lipinski definition) is 4. The van der Waals surface area contributed by atoms with Gasteiger partial charge in [-0.1, -0.05) is 60.7 Å². The second-order valence-electron chi connectivity index (χ2n) is 15.1. The Morgan fingerprint density at radius 3 is 1.05 bits per heavy atom. The number of amides is 4. The highest BCUT2D eigenvalue weighted by Crippen LogP contribution is 2.40. The molecule has 16 nitrogen and oxygen atoms in total. The van der Waals surface area contributed by atoms with Crippen LogP contribution in [0.15, 0.2) is 109 Å². The molecule has 0 radical (unpaired) electrons. The Labute approximate surface area is 373 Å². The number of carboxylic acid groups (broad SMARTS) is 4. The Morgan fingerprint density at radius 1 is 0.409 bits per heavy atom. The maximum atomic E-state index is 13.8. The molecule has 4 amide bonds. The molecule has 0 aliphatic carbocycles. The maximum absolute atomic E-state index is 13.8. The lowest BCUT2D eigenvalue weighted by atomic mass is 9.86. The molecule has 0 spiro atoms. The fourth-order valence-corrected chi connectivity index (χ4v) is 8.23. The molecule has 0 atom stereocenters. The van der Waals surface area contributed by atoms with Gasteiger partial charge in [-0.15, -0.1) is 0 Å². The first-order valence-electron chi connectivity index (χ1n) is 20.3. The van der Waals surface area contributed by atoms with Crippen molar-refractivity contribution in [2.45, 2.75) is 0 Å². The number of imide groups is 2. The third-order valence-corrected chi connectivity index (χ3v) is 11.3. The van der Waals surface area contributed by atoms with Crippen LogP contribution in [0.25, 0.3) is 56.0 Å². The first-order valence-corrected chi connectivity index (χ1v) is 20.3. The van der Waals surface area contributed by atoms with Crippen LogP contribution in [0.3, 0.4) is 0 Å². The van der Waals surface area contributed by atoms with Gasteiger partial charge in [-0.3, -0.25) is 29.0 Å². The van der Waals surface area contributed by atoms with Gasteiger partial charge >= 0.3 is 23.9 Å². The number of carbonyl (C=O) groups excluding carboxylic acids is 4. The first kappa shape index (κ1) is 44.0. The van der Waals surface area contributed by atoms with Crippen molar-refractivity contribution < 1.29 is 68.3 Å². The van der Waals surface area contributed by atoms with Gasteiger partial charge < -0.3 is 29.9 Å². The summed E-state index contributed by atoms with van der Waals surface area (Å²) >= 11 is 0. The van der Waals surface area contributed by atoms with E-state index >= 15 is 0 Å². The molecule has 2 aliphatic heterocycles. The van der Waals surface area contributed by atoms with Gasteiger partial charge in [0.05, 0.1) is 50.6 Å². The summed E-state index contributed by atoms with van der Waals surface area (Å²) in [6, 6.07) is 25.1. The van der Waals surface area contributed by atoms with E-state index in [0.29, 0.717) is 33.4 Å². The molecule has 16 heteroatoms. The van der Waals surface area contributed by atoms with Crippen molar-refractivity contribution in [3.8, 4) is 22.3 Å². The zero-order valence-corrected chi connectivity index (χ0v) is 34.6. The lowest BCUT2D eigenvalue weighted by Crippen LogP contribution is -2.42. The quantitative estimate of drug-likeness (QED) is 0.0416. The minimum absolute atomic E-state index is 0.0280. The van der Waals surface area contributed by atoms with Crippen molar-refractivity contribution in [2.24, 2.45) is 0 Å². The smallest absolute Gasteiger partial charge is 0.336 e. The molecule has 0 unspecified atom stereocenters. The van der Waals surface area contributed by atoms with Crippen LogP contribution in [-0.4, -0.2) is 117 Å². The number of aromatic carboxylic acids is 2. The second-order valence-corrected chi connectivity index (χ2v) is 15.1. The predicted octanol–water partition coefficient (Wildman–Crippen LogP) is 6.84. The molecule has 2 aliphatic rings. The van der Waals surface area contributed by atoms with Crippen molar-refractivity contribution in [3.63, 3.8) is 0 Å². The van der Waals surface area contributed by atoms with Crippen LogP contribution in [0.2, 0.25) is 0 Å². The molecule has 66 heavy (non-hydrogen) atoms. The van der Waals surface area contributed by atoms with Gasteiger partial charge in [-0.2, -0.15) is 0 Å². The molecule has 6 aromatic rings. The fourth-order valence-electron chi connectivity index (χ4n) is 8.23. The number of ether oxygens (including phenoxy) is 2. The monoisotopic (exact) mass is 888 g/mol. The molecule has 0 bridgehead atoms. The van der Waals surface area contributed by atoms with Crippen molar-refractivity contribution in [1.82, 2.24) is 9.80 Å². The van der Waals surface area contributed by atoms with E-state index in [-0.39, 0.29) is 94.4 Å². The lowest BCUT2D eigenvalue weighted by molar-refractivity contribution is -0.132. The summed E-state index contributed by atoms with van der Waals surface area (Å²) in [5.74, 6) is -7.27. The molecule has 0 saturated heterocycles. The van der Waals surface area contributed by atoms with E-state index in [2.05, 4.69) is 0 Å². The Kier molecular flexibility index (Phi) is 12.2. The third kappa shape index (κ3) is 8.32. The number of rotatable bonds is 17. The standard InChI is InChI=1S/C50H36N2O14/c53-39(54)19-5-27-1-7-29(8-2-27)31-11-13-33-43-35(15-17-37(41(31)43)49(61)62)47(59)51(45(33)57)21-23-65-25-26-66-24-22-52-46(58)34-14-12-32(30-9-3-28(4-10-30)6-20-40(55)56)42-38(50(63)64)18-16-36(44(34)42)48(52)60/h1-20H,21-26H2,(H,53,54)(H,55,56)(H,61,62)(H,63,64)/b19-5+,20-6+. The van der Waals surface area contributed by atoms with Crippen molar-refractivity contribution in [3.05, 3.63) is 154 Å². The van der Waals surface area contributed by atoms with Crippen LogP contribution in [0, 0.1) is 0 Å². The van der Waals surface area contributed by atoms with Crippen LogP contribution in [0.4, 0.5) is 0 Å². The molecule has 0 saturated carbocycles. The number of hydrogen-bond acceptors (Lipinski definition) is 10. The van der Waals surface area contributed by atoms with Crippen LogP contribution >= 0.6 is 0 Å². The molecule has 330 valence electrons. The summed E-state index contributed by atoms with van der Waals surface area (Å²) < 4.78 is 11.4. The average molecular weight is 889 g/mol. The topological polar surface area (TPSA) is 242 Å². The fraction of sp³-hybridized carbons (Fsp3) is 0.120. The van der Waals surface area contributed by atoms with Gasteiger partial charge in [0.1, 0.15) is 0 Å².